The molecule has 0 radical (unpaired) electrons. The highest BCUT2D eigenvalue weighted by atomic mass is 32.1. The largest absolute Gasteiger partial charge is 0.241 e. The van der Waals surface area contributed by atoms with Crippen molar-refractivity contribution >= 4 is 22.1 Å². The third-order valence-electron chi connectivity index (χ3n) is 3.04. The van der Waals surface area contributed by atoms with Crippen molar-refractivity contribution in [2.45, 2.75) is 12.8 Å². The van der Waals surface area contributed by atoms with Gasteiger partial charge in [-0.1, -0.05) is 36.4 Å². The van der Waals surface area contributed by atoms with Crippen LogP contribution in [0.2, 0.25) is 0 Å². The normalized spacial score (nSPS) is 10.5. The van der Waals surface area contributed by atoms with Crippen molar-refractivity contribution in [3.8, 4) is 16.6 Å². The molecular weight excluding hydrogens is 252 g/mol. The molecule has 0 N–H and O–H groups in total. The average molecular weight is 264 g/mol. The van der Waals surface area contributed by atoms with E-state index in [1.165, 1.54) is 10.8 Å². The predicted molar refractivity (Wildman–Crippen MR) is 79.0 cm³/mol. The van der Waals surface area contributed by atoms with E-state index in [0.29, 0.717) is 6.42 Å². The Hall–Kier alpha value is -2.18. The van der Waals surface area contributed by atoms with E-state index in [1.54, 1.807) is 11.3 Å². The fraction of sp³-hybridized carbons (Fsp3) is 0.125. The van der Waals surface area contributed by atoms with Gasteiger partial charge in [0.25, 0.3) is 0 Å². The van der Waals surface area contributed by atoms with E-state index >= 15 is 0 Å². The Bertz CT molecular complexity index is 753. The minimum Gasteiger partial charge on any atom is -0.241 e. The molecule has 3 heteroatoms. The minimum absolute atomic E-state index is 0.529. The highest BCUT2D eigenvalue weighted by molar-refractivity contribution is 7.13. The molecule has 0 saturated heterocycles. The summed E-state index contributed by atoms with van der Waals surface area (Å²) in [6.07, 6.45) is 1.27. The van der Waals surface area contributed by atoms with E-state index in [-0.39, 0.29) is 0 Å². The predicted octanol–water partition coefficient (Wildman–Crippen LogP) is 4.42. The fourth-order valence-corrected chi connectivity index (χ4v) is 2.91. The van der Waals surface area contributed by atoms with Gasteiger partial charge in [0.1, 0.15) is 5.01 Å². The number of aromatic nitrogens is 1. The third-order valence-corrected chi connectivity index (χ3v) is 3.98. The molecule has 0 aliphatic carbocycles. The molecule has 3 aromatic rings. The van der Waals surface area contributed by atoms with Gasteiger partial charge >= 0.3 is 0 Å². The monoisotopic (exact) mass is 264 g/mol. The van der Waals surface area contributed by atoms with Crippen LogP contribution in [0.1, 0.15) is 12.1 Å². The van der Waals surface area contributed by atoms with Crippen molar-refractivity contribution in [1.82, 2.24) is 4.98 Å². The first-order valence-corrected chi connectivity index (χ1v) is 7.05. The molecule has 0 aliphatic heterocycles. The van der Waals surface area contributed by atoms with E-state index < -0.39 is 0 Å². The van der Waals surface area contributed by atoms with Crippen LogP contribution in [0.15, 0.2) is 47.8 Å². The third kappa shape index (κ3) is 2.49. The highest BCUT2D eigenvalue weighted by Crippen LogP contribution is 2.27. The van der Waals surface area contributed by atoms with E-state index in [2.05, 4.69) is 41.4 Å². The van der Waals surface area contributed by atoms with Crippen LogP contribution in [0.25, 0.3) is 21.3 Å². The zero-order valence-corrected chi connectivity index (χ0v) is 11.2. The van der Waals surface area contributed by atoms with Gasteiger partial charge in [0.15, 0.2) is 0 Å². The smallest absolute Gasteiger partial charge is 0.123 e. The maximum Gasteiger partial charge on any atom is 0.123 e. The quantitative estimate of drug-likeness (QED) is 0.702. The molecule has 1 heterocycles. The molecule has 2 nitrogen and oxygen atoms in total. The van der Waals surface area contributed by atoms with Crippen LogP contribution >= 0.6 is 11.3 Å². The Morgan fingerprint density at radius 2 is 1.95 bits per heavy atom. The maximum atomic E-state index is 8.60. The lowest BCUT2D eigenvalue weighted by Gasteiger charge is -2.00. The zero-order valence-electron chi connectivity index (χ0n) is 10.3. The number of hydrogen-bond donors (Lipinski definition) is 0. The first-order valence-electron chi connectivity index (χ1n) is 6.17. The Kier molecular flexibility index (Phi) is 3.26. The van der Waals surface area contributed by atoms with Crippen LogP contribution in [-0.4, -0.2) is 4.98 Å². The fourth-order valence-electron chi connectivity index (χ4n) is 2.06. The number of rotatable bonds is 3. The SMILES string of the molecule is N#CCCc1csc(-c2ccc3ccccc3c2)n1. The number of thiazole rings is 1. The summed E-state index contributed by atoms with van der Waals surface area (Å²) in [5.41, 5.74) is 2.15. The topological polar surface area (TPSA) is 36.7 Å². The Labute approximate surface area is 116 Å². The summed E-state index contributed by atoms with van der Waals surface area (Å²) in [6, 6.07) is 16.9. The van der Waals surface area contributed by atoms with Gasteiger partial charge in [-0.15, -0.1) is 11.3 Å². The van der Waals surface area contributed by atoms with Crippen LogP contribution in [0.4, 0.5) is 0 Å². The van der Waals surface area contributed by atoms with E-state index in [4.69, 9.17) is 5.26 Å². The lowest BCUT2D eigenvalue weighted by molar-refractivity contribution is 0.969. The van der Waals surface area contributed by atoms with Crippen molar-refractivity contribution in [1.29, 1.82) is 5.26 Å². The van der Waals surface area contributed by atoms with Gasteiger partial charge in [-0.3, -0.25) is 0 Å². The van der Waals surface area contributed by atoms with Crippen LogP contribution in [0.3, 0.4) is 0 Å². The second-order valence-corrected chi connectivity index (χ2v) is 5.22. The van der Waals surface area contributed by atoms with Crippen LogP contribution in [-0.2, 0) is 6.42 Å². The Morgan fingerprint density at radius 3 is 2.79 bits per heavy atom. The maximum absolute atomic E-state index is 8.60. The van der Waals surface area contributed by atoms with Crippen LogP contribution < -0.4 is 0 Å². The Balaban J connectivity index is 1.95. The summed E-state index contributed by atoms with van der Waals surface area (Å²) in [7, 11) is 0. The van der Waals surface area contributed by atoms with Gasteiger partial charge < -0.3 is 0 Å². The van der Waals surface area contributed by atoms with E-state index in [1.807, 2.05) is 17.5 Å². The van der Waals surface area contributed by atoms with Crippen LogP contribution in [0, 0.1) is 11.3 Å². The van der Waals surface area contributed by atoms with Gasteiger partial charge in [-0.25, -0.2) is 4.98 Å². The lowest BCUT2D eigenvalue weighted by atomic mass is 10.1. The molecule has 1 aromatic heterocycles. The second-order valence-electron chi connectivity index (χ2n) is 4.36. The first-order chi connectivity index (χ1) is 9.36. The zero-order chi connectivity index (χ0) is 13.1. The summed E-state index contributed by atoms with van der Waals surface area (Å²) < 4.78 is 0. The van der Waals surface area contributed by atoms with Gasteiger partial charge in [0.2, 0.25) is 0 Å². The Morgan fingerprint density at radius 1 is 1.11 bits per heavy atom. The molecular formula is C16H12N2S. The van der Waals surface area contributed by atoms with Gasteiger partial charge in [-0.2, -0.15) is 5.26 Å². The van der Waals surface area contributed by atoms with Crippen molar-refractivity contribution in [3.63, 3.8) is 0 Å². The number of fused-ring (bicyclic) bond motifs is 1. The molecule has 0 aliphatic rings. The van der Waals surface area contributed by atoms with E-state index in [0.717, 1.165) is 22.7 Å². The van der Waals surface area contributed by atoms with Gasteiger partial charge in [-0.05, 0) is 16.8 Å². The molecule has 0 atom stereocenters. The summed E-state index contributed by atoms with van der Waals surface area (Å²) in [5.74, 6) is 0. The molecule has 0 spiro atoms. The number of aryl methyl sites for hydroxylation is 1. The molecule has 0 saturated carbocycles. The van der Waals surface area contributed by atoms with Crippen molar-refractivity contribution in [2.75, 3.05) is 0 Å². The minimum atomic E-state index is 0.529. The van der Waals surface area contributed by atoms with Crippen molar-refractivity contribution < 1.29 is 0 Å². The first kappa shape index (κ1) is 11.9. The van der Waals surface area contributed by atoms with Crippen molar-refractivity contribution in [2.24, 2.45) is 0 Å². The molecule has 0 unspecified atom stereocenters. The molecule has 0 bridgehead atoms. The molecule has 0 amide bonds. The molecule has 0 fully saturated rings. The van der Waals surface area contributed by atoms with Gasteiger partial charge in [0, 0.05) is 23.8 Å². The number of nitrogens with zero attached hydrogens (tertiary/aromatic N) is 2. The summed E-state index contributed by atoms with van der Waals surface area (Å²) in [5, 5.41) is 14.1. The summed E-state index contributed by atoms with van der Waals surface area (Å²) >= 11 is 1.64. The number of benzene rings is 2. The van der Waals surface area contributed by atoms with Crippen LogP contribution in [0.5, 0.6) is 0 Å². The average Bonchev–Trinajstić information content (AvgIpc) is 2.93. The summed E-state index contributed by atoms with van der Waals surface area (Å²) in [6.45, 7) is 0. The number of hydrogen-bond acceptors (Lipinski definition) is 3. The second kappa shape index (κ2) is 5.21. The standard InChI is InChI=1S/C16H12N2S/c17-9-3-6-15-11-19-16(18-15)14-8-7-12-4-1-2-5-13(12)10-14/h1-2,4-5,7-8,10-11H,3,6H2. The van der Waals surface area contributed by atoms with Gasteiger partial charge in [0.05, 0.1) is 11.8 Å². The highest BCUT2D eigenvalue weighted by Gasteiger charge is 2.05. The molecule has 3 rings (SSSR count). The number of nitriles is 1. The lowest BCUT2D eigenvalue weighted by Crippen LogP contribution is -1.84. The van der Waals surface area contributed by atoms with E-state index in [9.17, 15) is 0 Å². The van der Waals surface area contributed by atoms with Crippen molar-refractivity contribution in [3.05, 3.63) is 53.5 Å². The summed E-state index contributed by atoms with van der Waals surface area (Å²) in [4.78, 5) is 4.59. The molecule has 92 valence electrons. The molecule has 2 aromatic carbocycles. The molecule has 19 heavy (non-hydrogen) atoms.